The molecule has 0 saturated carbocycles. The first-order chi connectivity index (χ1) is 14.6. The Labute approximate surface area is 175 Å². The monoisotopic (exact) mass is 401 g/mol. The molecule has 2 heterocycles. The first-order valence-corrected chi connectivity index (χ1v) is 10.1. The van der Waals surface area contributed by atoms with Crippen molar-refractivity contribution in [2.45, 2.75) is 18.8 Å². The second-order valence-corrected chi connectivity index (χ2v) is 7.44. The molecule has 1 amide bonds. The third-order valence-corrected chi connectivity index (χ3v) is 5.39. The molecule has 0 aliphatic heterocycles. The van der Waals surface area contributed by atoms with Crippen molar-refractivity contribution in [2.75, 3.05) is 6.54 Å². The van der Waals surface area contributed by atoms with E-state index < -0.39 is 0 Å². The van der Waals surface area contributed by atoms with E-state index in [0.29, 0.717) is 19.4 Å². The normalized spacial score (nSPS) is 12.1. The quantitative estimate of drug-likeness (QED) is 0.492. The van der Waals surface area contributed by atoms with Crippen LogP contribution in [0.5, 0.6) is 0 Å². The number of carbonyl (C=O) groups is 1. The summed E-state index contributed by atoms with van der Waals surface area (Å²) in [5.41, 5.74) is 4.05. The van der Waals surface area contributed by atoms with Crippen molar-refractivity contribution < 1.29 is 9.18 Å². The Kier molecular flexibility index (Phi) is 5.89. The zero-order valence-corrected chi connectivity index (χ0v) is 16.9. The maximum absolute atomic E-state index is 13.5. The molecule has 0 radical (unpaired) electrons. The molecule has 2 aromatic carbocycles. The highest BCUT2D eigenvalue weighted by Crippen LogP contribution is 2.34. The molecular formula is C25H24FN3O. The highest BCUT2D eigenvalue weighted by molar-refractivity contribution is 5.86. The molecule has 0 aliphatic carbocycles. The molecule has 4 rings (SSSR count). The van der Waals surface area contributed by atoms with E-state index in [4.69, 9.17) is 0 Å². The van der Waals surface area contributed by atoms with Gasteiger partial charge in [-0.3, -0.25) is 9.78 Å². The number of carbonyl (C=O) groups excluding carboxylic acids is 1. The molecule has 0 fully saturated rings. The van der Waals surface area contributed by atoms with E-state index in [1.165, 1.54) is 12.1 Å². The van der Waals surface area contributed by atoms with Crippen LogP contribution in [0, 0.1) is 5.82 Å². The lowest BCUT2D eigenvalue weighted by Crippen LogP contribution is -2.27. The van der Waals surface area contributed by atoms with Gasteiger partial charge in [-0.25, -0.2) is 4.39 Å². The van der Waals surface area contributed by atoms with E-state index >= 15 is 0 Å². The van der Waals surface area contributed by atoms with Crippen LogP contribution in [0.15, 0.2) is 79.1 Å². The molecule has 4 aromatic rings. The van der Waals surface area contributed by atoms with E-state index in [0.717, 1.165) is 27.7 Å². The minimum Gasteiger partial charge on any atom is -0.356 e. The number of fused-ring (bicyclic) bond motifs is 1. The van der Waals surface area contributed by atoms with Crippen molar-refractivity contribution in [3.8, 4) is 0 Å². The average Bonchev–Trinajstić information content (AvgIpc) is 3.10. The van der Waals surface area contributed by atoms with E-state index in [1.54, 1.807) is 18.3 Å². The van der Waals surface area contributed by atoms with Crippen molar-refractivity contribution in [2.24, 2.45) is 7.05 Å². The van der Waals surface area contributed by atoms with Crippen LogP contribution in [0.2, 0.25) is 0 Å². The van der Waals surface area contributed by atoms with Gasteiger partial charge in [-0.1, -0.05) is 36.4 Å². The minimum absolute atomic E-state index is 0.0341. The van der Waals surface area contributed by atoms with Gasteiger partial charge in [-0.15, -0.1) is 0 Å². The predicted octanol–water partition coefficient (Wildman–Crippen LogP) is 4.59. The van der Waals surface area contributed by atoms with Crippen LogP contribution in [0.1, 0.15) is 29.2 Å². The number of pyridine rings is 1. The van der Waals surface area contributed by atoms with Gasteiger partial charge in [-0.2, -0.15) is 0 Å². The number of amides is 1. The number of nitrogens with zero attached hydrogens (tertiary/aromatic N) is 2. The van der Waals surface area contributed by atoms with Crippen LogP contribution in [-0.4, -0.2) is 22.0 Å². The van der Waals surface area contributed by atoms with Crippen molar-refractivity contribution in [1.29, 1.82) is 0 Å². The first-order valence-electron chi connectivity index (χ1n) is 10.1. The van der Waals surface area contributed by atoms with Gasteiger partial charge in [0.25, 0.3) is 0 Å². The lowest BCUT2D eigenvalue weighted by atomic mass is 9.88. The van der Waals surface area contributed by atoms with Gasteiger partial charge < -0.3 is 9.88 Å². The van der Waals surface area contributed by atoms with Crippen LogP contribution in [0.3, 0.4) is 0 Å². The number of halogens is 1. The Morgan fingerprint density at radius 2 is 1.83 bits per heavy atom. The fourth-order valence-electron chi connectivity index (χ4n) is 3.89. The standard InChI is InChI=1S/C25H24FN3O/c1-29-17-23(21-7-2-3-8-24(21)29)22(18-9-11-19(26)12-10-18)16-25(30)28-15-13-20-6-4-5-14-27-20/h2-12,14,17,22H,13,15-16H2,1H3,(H,28,30)/t22-/m0/s1. The molecule has 1 atom stereocenters. The molecule has 0 unspecified atom stereocenters. The molecule has 5 heteroatoms. The van der Waals surface area contributed by atoms with Crippen molar-refractivity contribution in [3.63, 3.8) is 0 Å². The fourth-order valence-corrected chi connectivity index (χ4v) is 3.89. The number of hydrogen-bond acceptors (Lipinski definition) is 2. The van der Waals surface area contributed by atoms with Gasteiger partial charge in [0.1, 0.15) is 5.82 Å². The second kappa shape index (κ2) is 8.91. The van der Waals surface area contributed by atoms with Crippen LogP contribution in [0.4, 0.5) is 4.39 Å². The number of hydrogen-bond donors (Lipinski definition) is 1. The first kappa shape index (κ1) is 19.8. The maximum Gasteiger partial charge on any atom is 0.220 e. The Hall–Kier alpha value is -3.47. The summed E-state index contributed by atoms with van der Waals surface area (Å²) < 4.78 is 15.6. The highest BCUT2D eigenvalue weighted by Gasteiger charge is 2.22. The topological polar surface area (TPSA) is 46.9 Å². The zero-order valence-electron chi connectivity index (χ0n) is 16.9. The van der Waals surface area contributed by atoms with Gasteiger partial charge in [0.2, 0.25) is 5.91 Å². The molecule has 30 heavy (non-hydrogen) atoms. The maximum atomic E-state index is 13.5. The molecule has 1 N–H and O–H groups in total. The smallest absolute Gasteiger partial charge is 0.220 e. The Morgan fingerprint density at radius 3 is 2.60 bits per heavy atom. The highest BCUT2D eigenvalue weighted by atomic mass is 19.1. The largest absolute Gasteiger partial charge is 0.356 e. The Morgan fingerprint density at radius 1 is 1.07 bits per heavy atom. The van der Waals surface area contributed by atoms with Crippen molar-refractivity contribution >= 4 is 16.8 Å². The van der Waals surface area contributed by atoms with Crippen LogP contribution >= 0.6 is 0 Å². The van der Waals surface area contributed by atoms with Gasteiger partial charge in [0, 0.05) is 61.3 Å². The summed E-state index contributed by atoms with van der Waals surface area (Å²) in [5, 5.41) is 4.11. The average molecular weight is 401 g/mol. The summed E-state index contributed by atoms with van der Waals surface area (Å²) in [7, 11) is 2.00. The number of nitrogens with one attached hydrogen (secondary N) is 1. The number of benzene rings is 2. The summed E-state index contributed by atoms with van der Waals surface area (Å²) in [4.78, 5) is 17.1. The summed E-state index contributed by atoms with van der Waals surface area (Å²) in [5.74, 6) is -0.477. The van der Waals surface area contributed by atoms with Crippen LogP contribution in [-0.2, 0) is 18.3 Å². The molecule has 4 nitrogen and oxygen atoms in total. The Bertz CT molecular complexity index is 1140. The van der Waals surface area contributed by atoms with Crippen LogP contribution in [0.25, 0.3) is 10.9 Å². The zero-order chi connectivity index (χ0) is 20.9. The van der Waals surface area contributed by atoms with Gasteiger partial charge in [0.05, 0.1) is 0 Å². The lowest BCUT2D eigenvalue weighted by molar-refractivity contribution is -0.121. The molecular weight excluding hydrogens is 377 g/mol. The fraction of sp³-hybridized carbons (Fsp3) is 0.200. The lowest BCUT2D eigenvalue weighted by Gasteiger charge is -2.17. The molecule has 0 spiro atoms. The molecule has 152 valence electrons. The summed E-state index contributed by atoms with van der Waals surface area (Å²) in [6, 6.07) is 20.3. The SMILES string of the molecule is Cn1cc([C@@H](CC(=O)NCCc2ccccn2)c2ccc(F)cc2)c2ccccc21. The van der Waals surface area contributed by atoms with Gasteiger partial charge in [0.15, 0.2) is 0 Å². The molecule has 0 aliphatic rings. The number of para-hydroxylation sites is 1. The second-order valence-electron chi connectivity index (χ2n) is 7.44. The summed E-state index contributed by atoms with van der Waals surface area (Å²) in [6.07, 6.45) is 4.80. The third-order valence-electron chi connectivity index (χ3n) is 5.39. The molecule has 2 aromatic heterocycles. The van der Waals surface area contributed by atoms with Crippen LogP contribution < -0.4 is 5.32 Å². The van der Waals surface area contributed by atoms with E-state index in [1.807, 2.05) is 37.4 Å². The Balaban J connectivity index is 1.56. The summed E-state index contributed by atoms with van der Waals surface area (Å²) >= 11 is 0. The van der Waals surface area contributed by atoms with E-state index in [9.17, 15) is 9.18 Å². The van der Waals surface area contributed by atoms with Crippen molar-refractivity contribution in [1.82, 2.24) is 14.9 Å². The third kappa shape index (κ3) is 4.40. The van der Waals surface area contributed by atoms with E-state index in [-0.39, 0.29) is 17.6 Å². The summed E-state index contributed by atoms with van der Waals surface area (Å²) in [6.45, 7) is 0.529. The van der Waals surface area contributed by atoms with Gasteiger partial charge in [-0.05, 0) is 41.5 Å². The van der Waals surface area contributed by atoms with Crippen molar-refractivity contribution in [3.05, 3.63) is 102 Å². The minimum atomic E-state index is -0.282. The molecule has 0 bridgehead atoms. The number of aryl methyl sites for hydroxylation is 1. The van der Waals surface area contributed by atoms with Gasteiger partial charge >= 0.3 is 0 Å². The number of rotatable bonds is 7. The predicted molar refractivity (Wildman–Crippen MR) is 117 cm³/mol. The molecule has 0 saturated heterocycles. The van der Waals surface area contributed by atoms with E-state index in [2.05, 4.69) is 33.2 Å². The number of aromatic nitrogens is 2.